The molecule has 154 valence electrons. The van der Waals surface area contributed by atoms with Crippen molar-refractivity contribution in [3.63, 3.8) is 0 Å². The van der Waals surface area contributed by atoms with Crippen molar-refractivity contribution in [2.24, 2.45) is 5.92 Å². The molecule has 1 saturated heterocycles. The molecule has 1 aliphatic heterocycles. The molecular formula is C24H31N3O2. The molecule has 1 fully saturated rings. The summed E-state index contributed by atoms with van der Waals surface area (Å²) in [6.45, 7) is 8.22. The molecule has 0 aromatic heterocycles. The molecule has 5 heteroatoms. The maximum Gasteiger partial charge on any atom is 0.251 e. The largest absolute Gasteiger partial charge is 0.371 e. The summed E-state index contributed by atoms with van der Waals surface area (Å²) in [6.07, 6.45) is 2.85. The fraction of sp³-hybridized carbons (Fsp3) is 0.417. The highest BCUT2D eigenvalue weighted by atomic mass is 16.2. The van der Waals surface area contributed by atoms with Gasteiger partial charge in [-0.1, -0.05) is 44.2 Å². The normalized spacial score (nSPS) is 14.7. The van der Waals surface area contributed by atoms with Crippen LogP contribution >= 0.6 is 0 Å². The summed E-state index contributed by atoms with van der Waals surface area (Å²) in [5.41, 5.74) is 3.89. The summed E-state index contributed by atoms with van der Waals surface area (Å²) in [7, 11) is 0. The molecule has 0 aliphatic carbocycles. The molecule has 29 heavy (non-hydrogen) atoms. The first-order valence-corrected chi connectivity index (χ1v) is 10.4. The van der Waals surface area contributed by atoms with Gasteiger partial charge < -0.3 is 15.5 Å². The number of nitrogens with zero attached hydrogens (tertiary/aromatic N) is 1. The fourth-order valence-electron chi connectivity index (χ4n) is 3.80. The molecule has 2 amide bonds. The van der Waals surface area contributed by atoms with Crippen molar-refractivity contribution in [2.75, 3.05) is 23.3 Å². The minimum absolute atomic E-state index is 0.121. The molecule has 2 aromatic carbocycles. The van der Waals surface area contributed by atoms with E-state index >= 15 is 0 Å². The SMILES string of the molecule is Cc1cc(NC(=O)C(NC(=O)CC(C)C)c2ccccc2)ccc1N1CCCC1. The highest BCUT2D eigenvalue weighted by molar-refractivity contribution is 5.98. The zero-order valence-electron chi connectivity index (χ0n) is 17.6. The molecule has 1 heterocycles. The van der Waals surface area contributed by atoms with Crippen molar-refractivity contribution in [2.45, 2.75) is 46.1 Å². The van der Waals surface area contributed by atoms with E-state index in [1.807, 2.05) is 56.3 Å². The molecular weight excluding hydrogens is 362 g/mol. The van der Waals surface area contributed by atoms with Gasteiger partial charge >= 0.3 is 0 Å². The average Bonchev–Trinajstić information content (AvgIpc) is 3.20. The van der Waals surface area contributed by atoms with Crippen LogP contribution in [0, 0.1) is 12.8 Å². The third-order valence-corrected chi connectivity index (χ3v) is 5.21. The van der Waals surface area contributed by atoms with Crippen LogP contribution in [0.2, 0.25) is 0 Å². The molecule has 0 spiro atoms. The Kier molecular flexibility index (Phi) is 6.91. The number of hydrogen-bond donors (Lipinski definition) is 2. The van der Waals surface area contributed by atoms with Crippen molar-refractivity contribution < 1.29 is 9.59 Å². The van der Waals surface area contributed by atoms with Gasteiger partial charge in [0.1, 0.15) is 6.04 Å². The maximum absolute atomic E-state index is 13.1. The van der Waals surface area contributed by atoms with E-state index < -0.39 is 6.04 Å². The van der Waals surface area contributed by atoms with E-state index in [0.29, 0.717) is 6.42 Å². The third kappa shape index (κ3) is 5.59. The Morgan fingerprint density at radius 3 is 2.34 bits per heavy atom. The van der Waals surface area contributed by atoms with E-state index in [9.17, 15) is 9.59 Å². The molecule has 0 bridgehead atoms. The lowest BCUT2D eigenvalue weighted by atomic mass is 10.0. The molecule has 1 atom stereocenters. The molecule has 2 N–H and O–H groups in total. The van der Waals surface area contributed by atoms with Gasteiger partial charge in [-0.25, -0.2) is 0 Å². The summed E-state index contributed by atoms with van der Waals surface area (Å²) in [6, 6.07) is 14.7. The highest BCUT2D eigenvalue weighted by Gasteiger charge is 2.23. The van der Waals surface area contributed by atoms with Crippen LogP contribution in [0.25, 0.3) is 0 Å². The lowest BCUT2D eigenvalue weighted by Gasteiger charge is -2.22. The summed E-state index contributed by atoms with van der Waals surface area (Å²) >= 11 is 0. The van der Waals surface area contributed by atoms with Crippen molar-refractivity contribution in [3.05, 3.63) is 59.7 Å². The van der Waals surface area contributed by atoms with Crippen LogP contribution in [0.4, 0.5) is 11.4 Å². The zero-order chi connectivity index (χ0) is 20.8. The van der Waals surface area contributed by atoms with E-state index in [2.05, 4.69) is 28.5 Å². The van der Waals surface area contributed by atoms with Crippen LogP contribution < -0.4 is 15.5 Å². The first-order valence-electron chi connectivity index (χ1n) is 10.4. The number of benzene rings is 2. The number of rotatable bonds is 7. The van der Waals surface area contributed by atoms with E-state index in [4.69, 9.17) is 0 Å². The quantitative estimate of drug-likeness (QED) is 0.731. The van der Waals surface area contributed by atoms with Gasteiger partial charge in [-0.15, -0.1) is 0 Å². The van der Waals surface area contributed by atoms with Crippen LogP contribution in [0.5, 0.6) is 0 Å². The van der Waals surface area contributed by atoms with Crippen molar-refractivity contribution >= 4 is 23.2 Å². The predicted molar refractivity (Wildman–Crippen MR) is 118 cm³/mol. The van der Waals surface area contributed by atoms with Gasteiger partial charge in [0.05, 0.1) is 0 Å². The minimum atomic E-state index is -0.721. The third-order valence-electron chi connectivity index (χ3n) is 5.21. The Hall–Kier alpha value is -2.82. The van der Waals surface area contributed by atoms with Crippen LogP contribution in [0.15, 0.2) is 48.5 Å². The number of nitrogens with one attached hydrogen (secondary N) is 2. The van der Waals surface area contributed by atoms with Gasteiger partial charge in [-0.2, -0.15) is 0 Å². The standard InChI is InChI=1S/C24H31N3O2/c1-17(2)15-22(28)26-23(19-9-5-4-6-10-19)24(29)25-20-11-12-21(18(3)16-20)27-13-7-8-14-27/h4-6,9-12,16-17,23H,7-8,13-15H2,1-3H3,(H,25,29)(H,26,28). The smallest absolute Gasteiger partial charge is 0.251 e. The average molecular weight is 394 g/mol. The Bertz CT molecular complexity index is 842. The van der Waals surface area contributed by atoms with Gasteiger partial charge in [0.2, 0.25) is 5.91 Å². The van der Waals surface area contributed by atoms with Gasteiger partial charge in [0.15, 0.2) is 0 Å². The van der Waals surface area contributed by atoms with E-state index in [0.717, 1.165) is 29.9 Å². The van der Waals surface area contributed by atoms with Crippen molar-refractivity contribution in [1.82, 2.24) is 5.32 Å². The number of anilines is 2. The predicted octanol–water partition coefficient (Wildman–Crippen LogP) is 4.44. The lowest BCUT2D eigenvalue weighted by Crippen LogP contribution is -2.37. The summed E-state index contributed by atoms with van der Waals surface area (Å²) < 4.78 is 0. The second kappa shape index (κ2) is 9.59. The maximum atomic E-state index is 13.1. The second-order valence-electron chi connectivity index (χ2n) is 8.19. The highest BCUT2D eigenvalue weighted by Crippen LogP contribution is 2.27. The summed E-state index contributed by atoms with van der Waals surface area (Å²) in [5, 5.41) is 5.88. The lowest BCUT2D eigenvalue weighted by molar-refractivity contribution is -0.127. The van der Waals surface area contributed by atoms with Gasteiger partial charge in [0.25, 0.3) is 5.91 Å². The molecule has 5 nitrogen and oxygen atoms in total. The molecule has 1 aliphatic rings. The van der Waals surface area contributed by atoms with Crippen LogP contribution in [0.3, 0.4) is 0 Å². The Balaban J connectivity index is 1.75. The summed E-state index contributed by atoms with van der Waals surface area (Å²) in [5.74, 6) is -0.124. The number of amides is 2. The molecule has 0 saturated carbocycles. The second-order valence-corrected chi connectivity index (χ2v) is 8.19. The first kappa shape index (κ1) is 20.9. The topological polar surface area (TPSA) is 61.4 Å². The molecule has 0 radical (unpaired) electrons. The monoisotopic (exact) mass is 393 g/mol. The number of carbonyl (C=O) groups excluding carboxylic acids is 2. The molecule has 2 aromatic rings. The van der Waals surface area contributed by atoms with Crippen molar-refractivity contribution in [1.29, 1.82) is 0 Å². The zero-order valence-corrected chi connectivity index (χ0v) is 17.6. The fourth-order valence-corrected chi connectivity index (χ4v) is 3.80. The van der Waals surface area contributed by atoms with E-state index in [1.165, 1.54) is 18.5 Å². The van der Waals surface area contributed by atoms with Crippen LogP contribution in [-0.4, -0.2) is 24.9 Å². The first-order chi connectivity index (χ1) is 13.9. The molecule has 1 unspecified atom stereocenters. The number of hydrogen-bond acceptors (Lipinski definition) is 3. The van der Waals surface area contributed by atoms with Gasteiger partial charge in [-0.05, 0) is 55.0 Å². The van der Waals surface area contributed by atoms with Crippen LogP contribution in [0.1, 0.15) is 50.3 Å². The minimum Gasteiger partial charge on any atom is -0.371 e. The number of aryl methyl sites for hydroxylation is 1. The van der Waals surface area contributed by atoms with Crippen LogP contribution in [-0.2, 0) is 9.59 Å². The molecule has 3 rings (SSSR count). The Morgan fingerprint density at radius 1 is 1.03 bits per heavy atom. The Morgan fingerprint density at radius 2 is 1.72 bits per heavy atom. The van der Waals surface area contributed by atoms with Gasteiger partial charge in [-0.3, -0.25) is 9.59 Å². The van der Waals surface area contributed by atoms with E-state index in [1.54, 1.807) is 0 Å². The van der Waals surface area contributed by atoms with E-state index in [-0.39, 0.29) is 17.7 Å². The van der Waals surface area contributed by atoms with Gasteiger partial charge in [0, 0.05) is 30.9 Å². The number of carbonyl (C=O) groups is 2. The summed E-state index contributed by atoms with van der Waals surface area (Å²) in [4.78, 5) is 27.8. The Labute approximate surface area is 173 Å². The van der Waals surface area contributed by atoms with Crippen molar-refractivity contribution in [3.8, 4) is 0 Å².